The average molecular weight is 292 g/mol. The molecule has 1 aromatic heterocycles. The highest BCUT2D eigenvalue weighted by molar-refractivity contribution is 6.33. The van der Waals surface area contributed by atoms with Crippen molar-refractivity contribution in [1.29, 1.82) is 0 Å². The molecular weight excluding hydrogens is 278 g/mol. The van der Waals surface area contributed by atoms with Crippen LogP contribution in [0, 0.1) is 0 Å². The van der Waals surface area contributed by atoms with Crippen molar-refractivity contribution in [3.8, 4) is 5.69 Å². The van der Waals surface area contributed by atoms with E-state index < -0.39 is 0 Å². The monoisotopic (exact) mass is 291 g/mol. The van der Waals surface area contributed by atoms with Crippen molar-refractivity contribution in [3.05, 3.63) is 41.7 Å². The number of hydrogen-bond donors (Lipinski definition) is 2. The number of halogens is 1. The molecule has 1 aromatic carbocycles. The van der Waals surface area contributed by atoms with E-state index in [4.69, 9.17) is 11.6 Å². The number of benzene rings is 1. The van der Waals surface area contributed by atoms with Gasteiger partial charge in [-0.15, -0.1) is 0 Å². The number of nitrogens with zero attached hydrogens (tertiary/aromatic N) is 1. The Balaban J connectivity index is 2.51. The Hall–Kier alpha value is -2.27. The minimum atomic E-state index is -0.235. The largest absolute Gasteiger partial charge is 0.324 e. The van der Waals surface area contributed by atoms with Gasteiger partial charge in [-0.2, -0.15) is 0 Å². The normalized spacial score (nSPS) is 10.2. The Morgan fingerprint density at radius 1 is 1.00 bits per heavy atom. The Kier molecular flexibility index (Phi) is 4.10. The summed E-state index contributed by atoms with van der Waals surface area (Å²) in [6.45, 7) is 2.80. The molecule has 2 N–H and O–H groups in total. The highest BCUT2D eigenvalue weighted by atomic mass is 35.5. The second-order valence-electron chi connectivity index (χ2n) is 4.30. The zero-order valence-corrected chi connectivity index (χ0v) is 11.9. The lowest BCUT2D eigenvalue weighted by Crippen LogP contribution is -2.13. The van der Waals surface area contributed by atoms with Gasteiger partial charge in [-0.05, 0) is 24.3 Å². The van der Waals surface area contributed by atoms with E-state index in [2.05, 4.69) is 10.6 Å². The van der Waals surface area contributed by atoms with Crippen LogP contribution >= 0.6 is 11.6 Å². The number of anilines is 2. The number of aromatic nitrogens is 1. The fourth-order valence-electron chi connectivity index (χ4n) is 1.84. The molecule has 0 atom stereocenters. The number of rotatable bonds is 3. The molecule has 0 aliphatic carbocycles. The van der Waals surface area contributed by atoms with E-state index in [1.54, 1.807) is 12.1 Å². The summed E-state index contributed by atoms with van der Waals surface area (Å²) in [5.74, 6) is -0.459. The molecule has 2 rings (SSSR count). The maximum Gasteiger partial charge on any atom is 0.221 e. The summed E-state index contributed by atoms with van der Waals surface area (Å²) < 4.78 is 1.82. The lowest BCUT2D eigenvalue weighted by Gasteiger charge is -2.14. The molecule has 5 nitrogen and oxygen atoms in total. The molecule has 0 saturated heterocycles. The fraction of sp³-hybridized carbons (Fsp3) is 0.143. The van der Waals surface area contributed by atoms with Gasteiger partial charge in [-0.3, -0.25) is 9.59 Å². The lowest BCUT2D eigenvalue weighted by atomic mass is 10.2. The quantitative estimate of drug-likeness (QED) is 0.913. The molecule has 0 spiro atoms. The second-order valence-corrected chi connectivity index (χ2v) is 4.71. The summed E-state index contributed by atoms with van der Waals surface area (Å²) in [5, 5.41) is 5.80. The number of carbonyl (C=O) groups is 2. The molecule has 6 heteroatoms. The van der Waals surface area contributed by atoms with Gasteiger partial charge in [-0.1, -0.05) is 11.6 Å². The van der Waals surface area contributed by atoms with E-state index in [9.17, 15) is 9.59 Å². The van der Waals surface area contributed by atoms with E-state index >= 15 is 0 Å². The molecule has 0 unspecified atom stereocenters. The van der Waals surface area contributed by atoms with Crippen LogP contribution in [0.3, 0.4) is 0 Å². The first-order valence-electron chi connectivity index (χ1n) is 5.99. The average Bonchev–Trinajstić information content (AvgIpc) is 2.84. The van der Waals surface area contributed by atoms with Crippen LogP contribution in [-0.2, 0) is 9.59 Å². The highest BCUT2D eigenvalue weighted by Crippen LogP contribution is 2.32. The van der Waals surface area contributed by atoms with E-state index in [0.29, 0.717) is 16.4 Å². The molecule has 2 amide bonds. The molecule has 0 fully saturated rings. The maximum atomic E-state index is 11.3. The van der Waals surface area contributed by atoms with Gasteiger partial charge in [0.2, 0.25) is 11.8 Å². The predicted molar refractivity (Wildman–Crippen MR) is 79.4 cm³/mol. The van der Waals surface area contributed by atoms with E-state index in [1.807, 2.05) is 29.1 Å². The zero-order chi connectivity index (χ0) is 14.7. The fourth-order valence-corrected chi connectivity index (χ4v) is 2.10. The molecule has 0 radical (unpaired) electrons. The van der Waals surface area contributed by atoms with Gasteiger partial charge in [0.25, 0.3) is 0 Å². The van der Waals surface area contributed by atoms with Crippen LogP contribution in [0.15, 0.2) is 36.7 Å². The first kappa shape index (κ1) is 14.1. The third kappa shape index (κ3) is 3.19. The van der Waals surface area contributed by atoms with Crippen molar-refractivity contribution in [2.45, 2.75) is 13.8 Å². The summed E-state index contributed by atoms with van der Waals surface area (Å²) in [6, 6.07) is 7.07. The first-order chi connectivity index (χ1) is 9.47. The Morgan fingerprint density at radius 3 is 2.00 bits per heavy atom. The minimum Gasteiger partial charge on any atom is -0.324 e. The number of amides is 2. The highest BCUT2D eigenvalue weighted by Gasteiger charge is 2.12. The Bertz CT molecular complexity index is 651. The molecule has 104 valence electrons. The summed E-state index contributed by atoms with van der Waals surface area (Å²) in [4.78, 5) is 22.5. The molecule has 0 bridgehead atoms. The smallest absolute Gasteiger partial charge is 0.221 e. The molecule has 2 aromatic rings. The van der Waals surface area contributed by atoms with Crippen LogP contribution in [0.4, 0.5) is 11.4 Å². The van der Waals surface area contributed by atoms with Gasteiger partial charge in [0.1, 0.15) is 0 Å². The molecule has 20 heavy (non-hydrogen) atoms. The summed E-state index contributed by atoms with van der Waals surface area (Å²) >= 11 is 6.23. The first-order valence-corrected chi connectivity index (χ1v) is 6.37. The molecular formula is C14H14ClN3O2. The Labute approximate surface area is 121 Å². The van der Waals surface area contributed by atoms with Crippen molar-refractivity contribution >= 4 is 34.8 Å². The van der Waals surface area contributed by atoms with Crippen molar-refractivity contribution in [3.63, 3.8) is 0 Å². The van der Waals surface area contributed by atoms with Crippen LogP contribution in [0.5, 0.6) is 0 Å². The zero-order valence-electron chi connectivity index (χ0n) is 11.1. The number of hydrogen-bond acceptors (Lipinski definition) is 2. The van der Waals surface area contributed by atoms with Gasteiger partial charge in [-0.25, -0.2) is 0 Å². The molecule has 1 heterocycles. The summed E-state index contributed by atoms with van der Waals surface area (Å²) in [5.41, 5.74) is 1.68. The van der Waals surface area contributed by atoms with Crippen molar-refractivity contribution in [1.82, 2.24) is 4.57 Å². The van der Waals surface area contributed by atoms with E-state index in [1.165, 1.54) is 13.8 Å². The van der Waals surface area contributed by atoms with Crippen molar-refractivity contribution < 1.29 is 9.59 Å². The number of nitrogens with one attached hydrogen (secondary N) is 2. The van der Waals surface area contributed by atoms with Crippen LogP contribution in [0.1, 0.15) is 13.8 Å². The SMILES string of the molecule is CC(=O)Nc1cc(Cl)c(-n2cccc2)cc1NC(C)=O. The second kappa shape index (κ2) is 5.79. The van der Waals surface area contributed by atoms with Crippen molar-refractivity contribution in [2.75, 3.05) is 10.6 Å². The van der Waals surface area contributed by atoms with Crippen molar-refractivity contribution in [2.24, 2.45) is 0 Å². The van der Waals surface area contributed by atoms with E-state index in [-0.39, 0.29) is 11.8 Å². The van der Waals surface area contributed by atoms with Crippen LogP contribution in [0.2, 0.25) is 5.02 Å². The van der Waals surface area contributed by atoms with Gasteiger partial charge < -0.3 is 15.2 Å². The topological polar surface area (TPSA) is 63.1 Å². The molecule has 0 aliphatic heterocycles. The Morgan fingerprint density at radius 2 is 1.50 bits per heavy atom. The lowest BCUT2D eigenvalue weighted by molar-refractivity contribution is -0.115. The standard InChI is InChI=1S/C14H14ClN3O2/c1-9(19)16-12-7-11(15)14(18-5-3-4-6-18)8-13(12)17-10(2)20/h3-8H,1-2H3,(H,16,19)(H,17,20). The van der Waals surface area contributed by atoms with E-state index in [0.717, 1.165) is 5.69 Å². The predicted octanol–water partition coefficient (Wildman–Crippen LogP) is 3.05. The summed E-state index contributed by atoms with van der Waals surface area (Å²) in [6.07, 6.45) is 3.69. The maximum absolute atomic E-state index is 11.3. The van der Waals surface area contributed by atoms with Gasteiger partial charge in [0, 0.05) is 26.2 Å². The third-order valence-electron chi connectivity index (χ3n) is 2.59. The molecule has 0 aliphatic rings. The van der Waals surface area contributed by atoms with Crippen LogP contribution < -0.4 is 10.6 Å². The molecule has 0 saturated carbocycles. The minimum absolute atomic E-state index is 0.225. The van der Waals surface area contributed by atoms with Crippen LogP contribution in [0.25, 0.3) is 5.69 Å². The number of carbonyl (C=O) groups excluding carboxylic acids is 2. The summed E-state index contributed by atoms with van der Waals surface area (Å²) in [7, 11) is 0. The van der Waals surface area contributed by atoms with Crippen LogP contribution in [-0.4, -0.2) is 16.4 Å². The third-order valence-corrected chi connectivity index (χ3v) is 2.89. The van der Waals surface area contributed by atoms with Gasteiger partial charge >= 0.3 is 0 Å². The van der Waals surface area contributed by atoms with Gasteiger partial charge in [0.05, 0.1) is 22.1 Å². The van der Waals surface area contributed by atoms with Gasteiger partial charge in [0.15, 0.2) is 0 Å².